The van der Waals surface area contributed by atoms with Crippen molar-refractivity contribution in [2.24, 2.45) is 0 Å². The van der Waals surface area contributed by atoms with Crippen molar-refractivity contribution in [3.63, 3.8) is 0 Å². The van der Waals surface area contributed by atoms with E-state index in [0.29, 0.717) is 6.42 Å². The Bertz CT molecular complexity index is 62.7. The quantitative estimate of drug-likeness (QED) is 0.702. The fourth-order valence-electron chi connectivity index (χ4n) is 0.189. The summed E-state index contributed by atoms with van der Waals surface area (Å²) in [4.78, 5) is 11.9. The van der Waals surface area contributed by atoms with Crippen molar-refractivity contribution in [1.82, 2.24) is 0 Å². The third-order valence-corrected chi connectivity index (χ3v) is 2.27. The number of carboxylic acid groups (broad SMARTS) is 1. The van der Waals surface area contributed by atoms with Crippen LogP contribution in [0.5, 0.6) is 0 Å². The first-order valence-corrected chi connectivity index (χ1v) is 5.96. The van der Waals surface area contributed by atoms with Gasteiger partial charge < -0.3 is 0 Å². The second kappa shape index (κ2) is 4.42. The first-order chi connectivity index (χ1) is 3.27. The van der Waals surface area contributed by atoms with Crippen molar-refractivity contribution in [3.8, 4) is 0 Å². The Kier molecular flexibility index (Phi) is 4.58. The predicted molar refractivity (Wildman–Crippen MR) is 28.7 cm³/mol. The number of rotatable bonds is 3. The number of carboxylic acids is 1. The van der Waals surface area contributed by atoms with Crippen LogP contribution in [0, 0.1) is 0 Å². The summed E-state index contributed by atoms with van der Waals surface area (Å²) in [6.45, 7) is 0. The van der Waals surface area contributed by atoms with E-state index in [2.05, 4.69) is 4.97 Å². The molecule has 0 aliphatic carbocycles. The van der Waals surface area contributed by atoms with E-state index >= 15 is 0 Å². The maximum absolute atomic E-state index is 9.78. The Labute approximate surface area is 53.0 Å². The van der Waals surface area contributed by atoms with E-state index in [1.165, 1.54) is 0 Å². The SMILES string of the molecule is C[Te]CCC(=O)O. The molecule has 0 aromatic carbocycles. The van der Waals surface area contributed by atoms with Gasteiger partial charge in [-0.25, -0.2) is 0 Å². The fraction of sp³-hybridized carbons (Fsp3) is 0.750. The van der Waals surface area contributed by atoms with Gasteiger partial charge in [0.05, 0.1) is 0 Å². The number of hydrogen-bond acceptors (Lipinski definition) is 1. The molecule has 42 valence electrons. The summed E-state index contributed by atoms with van der Waals surface area (Å²) in [5.74, 6) is -0.660. The molecule has 0 amide bonds. The summed E-state index contributed by atoms with van der Waals surface area (Å²) in [6.07, 6.45) is 0.374. The van der Waals surface area contributed by atoms with E-state index in [-0.39, 0.29) is 20.9 Å². The molecule has 0 spiro atoms. The monoisotopic (exact) mass is 218 g/mol. The van der Waals surface area contributed by atoms with E-state index in [4.69, 9.17) is 5.11 Å². The van der Waals surface area contributed by atoms with Gasteiger partial charge in [-0.15, -0.1) is 0 Å². The van der Waals surface area contributed by atoms with Gasteiger partial charge in [0.15, 0.2) is 0 Å². The number of hydrogen-bond donors (Lipinski definition) is 1. The number of aliphatic carboxylic acids is 1. The van der Waals surface area contributed by atoms with Gasteiger partial charge >= 0.3 is 52.7 Å². The normalized spacial score (nSPS) is 8.71. The van der Waals surface area contributed by atoms with E-state index in [1.807, 2.05) is 0 Å². The Morgan fingerprint density at radius 2 is 2.43 bits per heavy atom. The summed E-state index contributed by atoms with van der Waals surface area (Å²) in [5.41, 5.74) is 0. The molecular weight excluding hydrogens is 208 g/mol. The Morgan fingerprint density at radius 1 is 1.86 bits per heavy atom. The summed E-state index contributed by atoms with van der Waals surface area (Å²) in [7, 11) is 0. The van der Waals surface area contributed by atoms with Gasteiger partial charge in [-0.05, 0) is 0 Å². The van der Waals surface area contributed by atoms with E-state index in [9.17, 15) is 4.79 Å². The molecule has 0 atom stereocenters. The summed E-state index contributed by atoms with van der Waals surface area (Å²) >= 11 is 0.0527. The standard InChI is InChI=1S/C4H8O2Te/c1-7-3-2-4(5)6/h2-3H2,1H3,(H,5,6). The van der Waals surface area contributed by atoms with Crippen molar-refractivity contribution in [1.29, 1.82) is 0 Å². The minimum atomic E-state index is -0.660. The first-order valence-electron chi connectivity index (χ1n) is 1.98. The average Bonchev–Trinajstić information content (AvgIpc) is 1.61. The Morgan fingerprint density at radius 3 is 2.57 bits per heavy atom. The molecule has 0 aromatic heterocycles. The second-order valence-corrected chi connectivity index (χ2v) is 3.95. The molecule has 0 fully saturated rings. The van der Waals surface area contributed by atoms with Gasteiger partial charge in [-0.1, -0.05) is 0 Å². The van der Waals surface area contributed by atoms with Crippen LogP contribution in [-0.2, 0) is 4.79 Å². The zero-order valence-corrected chi connectivity index (χ0v) is 6.51. The van der Waals surface area contributed by atoms with Crippen molar-refractivity contribution < 1.29 is 9.90 Å². The predicted octanol–water partition coefficient (Wildman–Crippen LogP) is 0.632. The topological polar surface area (TPSA) is 37.3 Å². The molecule has 0 saturated heterocycles. The van der Waals surface area contributed by atoms with E-state index in [1.54, 1.807) is 0 Å². The van der Waals surface area contributed by atoms with Crippen molar-refractivity contribution >= 4 is 26.9 Å². The van der Waals surface area contributed by atoms with Gasteiger partial charge in [0.25, 0.3) is 0 Å². The maximum atomic E-state index is 9.78. The van der Waals surface area contributed by atoms with Crippen molar-refractivity contribution in [2.75, 3.05) is 0 Å². The van der Waals surface area contributed by atoms with Crippen LogP contribution in [0.1, 0.15) is 6.42 Å². The van der Waals surface area contributed by atoms with Crippen LogP contribution < -0.4 is 0 Å². The average molecular weight is 216 g/mol. The van der Waals surface area contributed by atoms with Crippen LogP contribution in [-0.4, -0.2) is 32.0 Å². The molecule has 0 unspecified atom stereocenters. The van der Waals surface area contributed by atoms with Crippen LogP contribution in [0.2, 0.25) is 9.44 Å². The molecule has 0 aliphatic rings. The van der Waals surface area contributed by atoms with Crippen LogP contribution in [0.15, 0.2) is 0 Å². The molecule has 0 bridgehead atoms. The van der Waals surface area contributed by atoms with Crippen LogP contribution in [0.25, 0.3) is 0 Å². The molecule has 0 heterocycles. The van der Waals surface area contributed by atoms with Crippen LogP contribution in [0.4, 0.5) is 0 Å². The Balaban J connectivity index is 2.82. The van der Waals surface area contributed by atoms with Crippen molar-refractivity contribution in [2.45, 2.75) is 15.9 Å². The molecular formula is C4H8O2Te. The van der Waals surface area contributed by atoms with Gasteiger partial charge in [0.1, 0.15) is 0 Å². The third-order valence-electron chi connectivity index (χ3n) is 0.520. The third kappa shape index (κ3) is 6.26. The summed E-state index contributed by atoms with van der Waals surface area (Å²) < 4.78 is 0.931. The molecule has 0 rings (SSSR count). The molecule has 0 aliphatic heterocycles. The van der Waals surface area contributed by atoms with Crippen LogP contribution in [0.3, 0.4) is 0 Å². The first kappa shape index (κ1) is 7.26. The molecule has 7 heavy (non-hydrogen) atoms. The zero-order valence-electron chi connectivity index (χ0n) is 4.18. The van der Waals surface area contributed by atoms with Gasteiger partial charge in [0, 0.05) is 0 Å². The molecule has 0 saturated carbocycles. The number of carbonyl (C=O) groups is 1. The molecule has 3 heteroatoms. The van der Waals surface area contributed by atoms with Gasteiger partial charge in [-0.2, -0.15) is 0 Å². The van der Waals surface area contributed by atoms with E-state index < -0.39 is 5.97 Å². The fourth-order valence-corrected chi connectivity index (χ4v) is 1.27. The van der Waals surface area contributed by atoms with Crippen LogP contribution >= 0.6 is 0 Å². The van der Waals surface area contributed by atoms with Gasteiger partial charge in [-0.3, -0.25) is 0 Å². The zero-order chi connectivity index (χ0) is 5.70. The Hall–Kier alpha value is 0.260. The molecule has 2 nitrogen and oxygen atoms in total. The van der Waals surface area contributed by atoms with Crippen molar-refractivity contribution in [3.05, 3.63) is 0 Å². The second-order valence-electron chi connectivity index (χ2n) is 1.14. The molecule has 1 N–H and O–H groups in total. The summed E-state index contributed by atoms with van der Waals surface area (Å²) in [5, 5.41) is 8.07. The molecule has 0 radical (unpaired) electrons. The van der Waals surface area contributed by atoms with E-state index in [0.717, 1.165) is 4.47 Å². The minimum absolute atomic E-state index is 0.0527. The summed E-state index contributed by atoms with van der Waals surface area (Å²) in [6, 6.07) is 0. The molecule has 0 aromatic rings. The van der Waals surface area contributed by atoms with Gasteiger partial charge in [0.2, 0.25) is 0 Å².